The quantitative estimate of drug-likeness (QED) is 0.690. The molecule has 0 aliphatic rings. The van der Waals surface area contributed by atoms with Crippen LogP contribution >= 0.6 is 0 Å². The highest BCUT2D eigenvalue weighted by molar-refractivity contribution is 5.97. The number of esters is 1. The van der Waals surface area contributed by atoms with Crippen molar-refractivity contribution in [1.29, 1.82) is 0 Å². The number of nitrogens with one attached hydrogen (secondary N) is 1. The predicted molar refractivity (Wildman–Crippen MR) is 101 cm³/mol. The first-order chi connectivity index (χ1) is 12.9. The Balaban J connectivity index is 1.98. The van der Waals surface area contributed by atoms with E-state index in [1.165, 1.54) is 12.1 Å². The van der Waals surface area contributed by atoms with Gasteiger partial charge in [-0.25, -0.2) is 4.79 Å². The first kappa shape index (κ1) is 20.1. The van der Waals surface area contributed by atoms with Crippen LogP contribution in [0, 0.1) is 6.92 Å². The summed E-state index contributed by atoms with van der Waals surface area (Å²) in [4.78, 5) is 24.1. The van der Waals surface area contributed by atoms with Crippen molar-refractivity contribution in [3.8, 4) is 17.2 Å². The zero-order chi connectivity index (χ0) is 19.8. The summed E-state index contributed by atoms with van der Waals surface area (Å²) in [5, 5.41) is 12.4. The third kappa shape index (κ3) is 5.64. The van der Waals surface area contributed by atoms with E-state index in [0.717, 1.165) is 5.56 Å². The molecule has 0 spiro atoms. The maximum absolute atomic E-state index is 12.1. The highest BCUT2D eigenvalue weighted by Crippen LogP contribution is 2.30. The standard InChI is InChI=1S/C20H23NO6/c1-4-25-17-9-7-14(11-18(17)26-5-2)21-19(23)12-27-20(24)15-10-13(3)6-8-16(15)22/h6-11,22H,4-5,12H2,1-3H3,(H,21,23). The Morgan fingerprint density at radius 3 is 2.41 bits per heavy atom. The lowest BCUT2D eigenvalue weighted by atomic mass is 10.1. The summed E-state index contributed by atoms with van der Waals surface area (Å²) in [7, 11) is 0. The summed E-state index contributed by atoms with van der Waals surface area (Å²) in [6.07, 6.45) is 0. The number of rotatable bonds is 8. The smallest absolute Gasteiger partial charge is 0.342 e. The Hall–Kier alpha value is -3.22. The summed E-state index contributed by atoms with van der Waals surface area (Å²) in [6.45, 7) is 5.96. The Bertz CT molecular complexity index is 818. The molecule has 0 aliphatic heterocycles. The Morgan fingerprint density at radius 2 is 1.70 bits per heavy atom. The fourth-order valence-electron chi connectivity index (χ4n) is 2.35. The first-order valence-electron chi connectivity index (χ1n) is 8.60. The maximum atomic E-state index is 12.1. The van der Waals surface area contributed by atoms with Crippen molar-refractivity contribution in [2.75, 3.05) is 25.1 Å². The van der Waals surface area contributed by atoms with E-state index in [0.29, 0.717) is 30.4 Å². The van der Waals surface area contributed by atoms with Crippen molar-refractivity contribution in [3.63, 3.8) is 0 Å². The van der Waals surface area contributed by atoms with Gasteiger partial charge in [-0.2, -0.15) is 0 Å². The summed E-state index contributed by atoms with van der Waals surface area (Å²) in [6, 6.07) is 9.57. The van der Waals surface area contributed by atoms with E-state index in [4.69, 9.17) is 14.2 Å². The van der Waals surface area contributed by atoms with E-state index in [-0.39, 0.29) is 11.3 Å². The third-order valence-electron chi connectivity index (χ3n) is 3.53. The molecular formula is C20H23NO6. The van der Waals surface area contributed by atoms with Gasteiger partial charge in [0.2, 0.25) is 0 Å². The lowest BCUT2D eigenvalue weighted by Gasteiger charge is -2.13. The van der Waals surface area contributed by atoms with Crippen LogP contribution in [0.3, 0.4) is 0 Å². The molecule has 2 N–H and O–H groups in total. The van der Waals surface area contributed by atoms with E-state index in [2.05, 4.69) is 5.32 Å². The number of carbonyl (C=O) groups excluding carboxylic acids is 2. The second-order valence-corrected chi connectivity index (χ2v) is 5.67. The Kier molecular flexibility index (Phi) is 7.05. The van der Waals surface area contributed by atoms with Gasteiger partial charge in [-0.05, 0) is 45.0 Å². The number of aromatic hydroxyl groups is 1. The van der Waals surface area contributed by atoms with Crippen LogP contribution in [0.25, 0.3) is 0 Å². The molecule has 0 aliphatic carbocycles. The molecular weight excluding hydrogens is 350 g/mol. The minimum absolute atomic E-state index is 0.0162. The Labute approximate surface area is 157 Å². The molecule has 0 radical (unpaired) electrons. The molecule has 0 saturated carbocycles. The summed E-state index contributed by atoms with van der Waals surface area (Å²) in [5.41, 5.74) is 1.30. The van der Waals surface area contributed by atoms with Gasteiger partial charge in [0.05, 0.1) is 13.2 Å². The number of hydrogen-bond acceptors (Lipinski definition) is 6. The summed E-state index contributed by atoms with van der Waals surface area (Å²) in [5.74, 6) is -0.383. The number of phenolic OH excluding ortho intramolecular Hbond substituents is 1. The van der Waals surface area contributed by atoms with Gasteiger partial charge < -0.3 is 24.6 Å². The summed E-state index contributed by atoms with van der Waals surface area (Å²) >= 11 is 0. The highest BCUT2D eigenvalue weighted by Gasteiger charge is 2.15. The van der Waals surface area contributed by atoms with Crippen molar-refractivity contribution in [1.82, 2.24) is 0 Å². The lowest BCUT2D eigenvalue weighted by Crippen LogP contribution is -2.21. The molecule has 2 aromatic rings. The zero-order valence-electron chi connectivity index (χ0n) is 15.6. The molecule has 0 bridgehead atoms. The topological polar surface area (TPSA) is 94.1 Å². The SMILES string of the molecule is CCOc1ccc(NC(=O)COC(=O)c2cc(C)ccc2O)cc1OCC. The van der Waals surface area contributed by atoms with Crippen LogP contribution in [0.5, 0.6) is 17.2 Å². The van der Waals surface area contributed by atoms with Crippen LogP contribution in [-0.2, 0) is 9.53 Å². The summed E-state index contributed by atoms with van der Waals surface area (Å²) < 4.78 is 15.9. The van der Waals surface area contributed by atoms with E-state index >= 15 is 0 Å². The molecule has 0 unspecified atom stereocenters. The van der Waals surface area contributed by atoms with Gasteiger partial charge in [-0.3, -0.25) is 4.79 Å². The fraction of sp³-hybridized carbons (Fsp3) is 0.300. The number of phenols is 1. The fourth-order valence-corrected chi connectivity index (χ4v) is 2.35. The number of hydrogen-bond donors (Lipinski definition) is 2. The second kappa shape index (κ2) is 9.47. The number of anilines is 1. The molecule has 1 amide bonds. The normalized spacial score (nSPS) is 10.2. The average Bonchev–Trinajstić information content (AvgIpc) is 2.64. The number of carbonyl (C=O) groups is 2. The minimum atomic E-state index is -0.770. The monoisotopic (exact) mass is 373 g/mol. The first-order valence-corrected chi connectivity index (χ1v) is 8.60. The Morgan fingerprint density at radius 1 is 1.00 bits per heavy atom. The van der Waals surface area contributed by atoms with Gasteiger partial charge in [0.15, 0.2) is 18.1 Å². The van der Waals surface area contributed by atoms with Crippen LogP contribution in [0.15, 0.2) is 36.4 Å². The molecule has 0 heterocycles. The van der Waals surface area contributed by atoms with Gasteiger partial charge in [-0.15, -0.1) is 0 Å². The molecule has 0 saturated heterocycles. The second-order valence-electron chi connectivity index (χ2n) is 5.67. The van der Waals surface area contributed by atoms with Crippen molar-refractivity contribution in [3.05, 3.63) is 47.5 Å². The van der Waals surface area contributed by atoms with E-state index in [9.17, 15) is 14.7 Å². The van der Waals surface area contributed by atoms with Crippen molar-refractivity contribution in [2.45, 2.75) is 20.8 Å². The van der Waals surface area contributed by atoms with Crippen molar-refractivity contribution < 1.29 is 28.9 Å². The predicted octanol–water partition coefficient (Wildman–Crippen LogP) is 3.29. The molecule has 0 aromatic heterocycles. The van der Waals surface area contributed by atoms with Gasteiger partial charge >= 0.3 is 5.97 Å². The van der Waals surface area contributed by atoms with Gasteiger partial charge in [0.1, 0.15) is 11.3 Å². The van der Waals surface area contributed by atoms with Crippen LogP contribution in [-0.4, -0.2) is 36.8 Å². The number of benzene rings is 2. The lowest BCUT2D eigenvalue weighted by molar-refractivity contribution is -0.119. The zero-order valence-corrected chi connectivity index (χ0v) is 15.6. The molecule has 0 fully saturated rings. The molecule has 7 heteroatoms. The van der Waals surface area contributed by atoms with Crippen molar-refractivity contribution >= 4 is 17.6 Å². The van der Waals surface area contributed by atoms with Gasteiger partial charge in [-0.1, -0.05) is 11.6 Å². The van der Waals surface area contributed by atoms with E-state index < -0.39 is 18.5 Å². The molecule has 0 atom stereocenters. The highest BCUT2D eigenvalue weighted by atomic mass is 16.5. The third-order valence-corrected chi connectivity index (χ3v) is 3.53. The molecule has 7 nitrogen and oxygen atoms in total. The van der Waals surface area contributed by atoms with Crippen LogP contribution in [0.4, 0.5) is 5.69 Å². The maximum Gasteiger partial charge on any atom is 0.342 e. The minimum Gasteiger partial charge on any atom is -0.507 e. The number of aryl methyl sites for hydroxylation is 1. The van der Waals surface area contributed by atoms with Crippen LogP contribution in [0.1, 0.15) is 29.8 Å². The molecule has 27 heavy (non-hydrogen) atoms. The molecule has 144 valence electrons. The van der Waals surface area contributed by atoms with Crippen molar-refractivity contribution in [2.24, 2.45) is 0 Å². The average molecular weight is 373 g/mol. The molecule has 2 rings (SSSR count). The van der Waals surface area contributed by atoms with Crippen LogP contribution in [0.2, 0.25) is 0 Å². The molecule has 2 aromatic carbocycles. The van der Waals surface area contributed by atoms with Crippen LogP contribution < -0.4 is 14.8 Å². The van der Waals surface area contributed by atoms with E-state index in [1.807, 2.05) is 13.8 Å². The van der Waals surface area contributed by atoms with Gasteiger partial charge in [0.25, 0.3) is 5.91 Å². The van der Waals surface area contributed by atoms with E-state index in [1.54, 1.807) is 31.2 Å². The number of amides is 1. The largest absolute Gasteiger partial charge is 0.507 e. The van der Waals surface area contributed by atoms with Gasteiger partial charge in [0, 0.05) is 11.8 Å². The number of ether oxygens (including phenoxy) is 3.